The Kier molecular flexibility index (Phi) is 14.0. The van der Waals surface area contributed by atoms with Crippen LogP contribution in [0, 0.1) is 50.2 Å². The summed E-state index contributed by atoms with van der Waals surface area (Å²) >= 11 is 0. The van der Waals surface area contributed by atoms with Crippen molar-refractivity contribution in [2.24, 2.45) is 50.2 Å². The van der Waals surface area contributed by atoms with Gasteiger partial charge in [-0.3, -0.25) is 4.79 Å². The van der Waals surface area contributed by atoms with Crippen LogP contribution in [0.4, 0.5) is 0 Å². The zero-order valence-electron chi connectivity index (χ0n) is 40.0. The lowest BCUT2D eigenvalue weighted by molar-refractivity contribution is -0.384. The molecule has 12 N–H and O–H groups in total. The van der Waals surface area contributed by atoms with E-state index in [1.54, 1.807) is 6.92 Å². The summed E-state index contributed by atoms with van der Waals surface area (Å²) in [5.74, 6) is -2.79. The maximum Gasteiger partial charge on any atom is 0.335 e. The molecule has 25 atom stereocenters. The van der Waals surface area contributed by atoms with Crippen LogP contribution in [0.5, 0.6) is 0 Å². The molecule has 5 aliphatic carbocycles. The third-order valence-electron chi connectivity index (χ3n) is 19.4. The summed E-state index contributed by atoms with van der Waals surface area (Å²) in [5, 5.41) is 132. The molecule has 20 nitrogen and oxygen atoms in total. The van der Waals surface area contributed by atoms with E-state index in [2.05, 4.69) is 40.7 Å². The molecule has 0 amide bonds. The van der Waals surface area contributed by atoms with Crippen LogP contribution in [0.2, 0.25) is 0 Å². The normalized spacial score (nSPS) is 54.6. The lowest BCUT2D eigenvalue weighted by Gasteiger charge is -2.71. The summed E-state index contributed by atoms with van der Waals surface area (Å²) in [6.45, 7) is 13.0. The fourth-order valence-electron chi connectivity index (χ4n) is 15.2. The number of aliphatic hydroxyl groups is 10. The number of ether oxygens (including phenoxy) is 6. The minimum Gasteiger partial charge on any atom is -0.481 e. The second kappa shape index (κ2) is 18.2. The summed E-state index contributed by atoms with van der Waals surface area (Å²) in [6, 6.07) is 0. The predicted molar refractivity (Wildman–Crippen MR) is 233 cm³/mol. The first kappa shape index (κ1) is 52.4. The lowest BCUT2D eigenvalue weighted by Crippen LogP contribution is -2.70. The number of allylic oxidation sites excluding steroid dienone is 2. The van der Waals surface area contributed by atoms with E-state index in [1.165, 1.54) is 12.5 Å². The van der Waals surface area contributed by atoms with E-state index in [9.17, 15) is 70.9 Å². The largest absolute Gasteiger partial charge is 0.481 e. The Balaban J connectivity index is 1.04. The Morgan fingerprint density at radius 3 is 1.88 bits per heavy atom. The highest BCUT2D eigenvalue weighted by atomic mass is 16.8. The summed E-state index contributed by atoms with van der Waals surface area (Å²) in [4.78, 5) is 25.8. The summed E-state index contributed by atoms with van der Waals surface area (Å²) in [7, 11) is 0. The molecule has 0 aromatic heterocycles. The van der Waals surface area contributed by atoms with Gasteiger partial charge < -0.3 is 89.7 Å². The molecular weight excluding hydrogens is 897 g/mol. The average molecular weight is 973 g/mol. The third-order valence-corrected chi connectivity index (χ3v) is 19.4. The van der Waals surface area contributed by atoms with Crippen LogP contribution in [0.25, 0.3) is 0 Å². The molecule has 0 unspecified atom stereocenters. The maximum absolute atomic E-state index is 13.1. The topological polar surface area (TPSA) is 332 Å². The average Bonchev–Trinajstić information content (AvgIpc) is 3.27. The number of carbonyl (C=O) groups is 2. The number of aliphatic carboxylic acids is 2. The molecule has 3 heterocycles. The molecule has 0 bridgehead atoms. The van der Waals surface area contributed by atoms with Gasteiger partial charge in [-0.2, -0.15) is 0 Å². The standard InChI is InChI=1S/C48H76O20/c1-20-27(52)29(54)30(55)39(63-20)65-34-28(53)24(18-49)64-40(32(34)57)66-35-31(56)36(38(59)60)67-41(33(35)58)68-37-23(51)17-44(4)25(45(37,5)19-50)10-11-47(7)26(44)9-8-21-22-16-43(2,3)12-14-48(22,42(61)62)15-13-46(21,47)6/h8,20,22-37,39-41,49-58H,9-19H2,1-7H3,(H,59,60)(H,61,62)/t20-,22-,23-,24+,25+,26+,27-,28-,29+,30+,31-,32+,33+,34-,35-,36-,37-,39-,40-,41-,44-,45-,46+,47+,48+/m0/s1. The van der Waals surface area contributed by atoms with Crippen molar-refractivity contribution >= 4 is 11.9 Å². The number of carboxylic acids is 2. The number of hydrogen-bond donors (Lipinski definition) is 12. The molecule has 0 radical (unpaired) electrons. The van der Waals surface area contributed by atoms with Gasteiger partial charge in [0.05, 0.1) is 36.9 Å². The quantitative estimate of drug-likeness (QED) is 0.0994. The molecule has 0 aromatic carbocycles. The van der Waals surface area contributed by atoms with Crippen LogP contribution in [-0.2, 0) is 38.0 Å². The summed E-state index contributed by atoms with van der Waals surface area (Å²) in [6.07, 6.45) is -21.8. The van der Waals surface area contributed by atoms with Gasteiger partial charge >= 0.3 is 11.9 Å². The molecule has 388 valence electrons. The number of fused-ring (bicyclic) bond motifs is 7. The van der Waals surface area contributed by atoms with Gasteiger partial charge in [-0.1, -0.05) is 53.2 Å². The fraction of sp³-hybridized carbons (Fsp3) is 0.917. The smallest absolute Gasteiger partial charge is 0.335 e. The number of aliphatic hydroxyl groups excluding tert-OH is 10. The Hall–Kier alpha value is -1.96. The van der Waals surface area contributed by atoms with Crippen molar-refractivity contribution < 1.29 is 99.3 Å². The molecule has 8 rings (SSSR count). The van der Waals surface area contributed by atoms with Crippen molar-refractivity contribution in [2.75, 3.05) is 13.2 Å². The molecule has 0 spiro atoms. The lowest BCUT2D eigenvalue weighted by atomic mass is 9.33. The van der Waals surface area contributed by atoms with Gasteiger partial charge in [-0.25, -0.2) is 4.79 Å². The van der Waals surface area contributed by atoms with Crippen molar-refractivity contribution in [3.8, 4) is 0 Å². The van der Waals surface area contributed by atoms with E-state index >= 15 is 0 Å². The molecule has 0 aromatic rings. The zero-order chi connectivity index (χ0) is 50.0. The van der Waals surface area contributed by atoms with E-state index in [0.29, 0.717) is 32.1 Å². The van der Waals surface area contributed by atoms with Crippen LogP contribution in [0.15, 0.2) is 11.6 Å². The first-order chi connectivity index (χ1) is 31.7. The van der Waals surface area contributed by atoms with E-state index in [0.717, 1.165) is 19.3 Å². The van der Waals surface area contributed by atoms with Crippen molar-refractivity contribution in [1.82, 2.24) is 0 Å². The van der Waals surface area contributed by atoms with Crippen molar-refractivity contribution in [3.05, 3.63) is 11.6 Å². The first-order valence-electron chi connectivity index (χ1n) is 24.4. The minimum absolute atomic E-state index is 0.00253. The molecule has 68 heavy (non-hydrogen) atoms. The molecule has 3 aliphatic heterocycles. The van der Waals surface area contributed by atoms with Crippen molar-refractivity contribution in [1.29, 1.82) is 0 Å². The fourth-order valence-corrected chi connectivity index (χ4v) is 15.2. The highest BCUT2D eigenvalue weighted by Crippen LogP contribution is 2.76. The predicted octanol–water partition coefficient (Wildman–Crippen LogP) is -0.231. The third kappa shape index (κ3) is 7.94. The maximum atomic E-state index is 13.1. The van der Waals surface area contributed by atoms with Crippen LogP contribution in [0.1, 0.15) is 106 Å². The Labute approximate surface area is 396 Å². The van der Waals surface area contributed by atoms with Gasteiger partial charge in [-0.05, 0) is 104 Å². The van der Waals surface area contributed by atoms with Gasteiger partial charge in [0.2, 0.25) is 0 Å². The Morgan fingerprint density at radius 1 is 0.676 bits per heavy atom. The highest BCUT2D eigenvalue weighted by Gasteiger charge is 2.71. The van der Waals surface area contributed by atoms with Crippen LogP contribution < -0.4 is 0 Å². The van der Waals surface area contributed by atoms with Gasteiger partial charge in [-0.15, -0.1) is 0 Å². The van der Waals surface area contributed by atoms with E-state index in [4.69, 9.17) is 28.4 Å². The Morgan fingerprint density at radius 2 is 1.28 bits per heavy atom. The van der Waals surface area contributed by atoms with Crippen LogP contribution in [0.3, 0.4) is 0 Å². The SMILES string of the molecule is C[C@@H]1O[C@@H](O[C@H]2[C@@H](O)[C@@H](CO)O[C@@H](O[C@@H]3[C@@H](O)[C@H](O[C@H]4[C@@H](O)C[C@@]5(C)[C@@H](CC[C@]6(C)[C@@H]5CC=C5[C@@H]7CC(C)(C)CC[C@@]7(C(=O)O)CC[C@]56C)[C@]4(C)CO)O[C@H](C(=O)O)[C@H]3O)[C@@H]2O)[C@H](O)[C@H](O)[C@H]1O. The molecule has 20 heteroatoms. The first-order valence-corrected chi connectivity index (χ1v) is 24.4. The summed E-state index contributed by atoms with van der Waals surface area (Å²) < 4.78 is 34.8. The molecule has 8 aliphatic rings. The van der Waals surface area contributed by atoms with Crippen molar-refractivity contribution in [3.63, 3.8) is 0 Å². The van der Waals surface area contributed by atoms with Gasteiger partial charge in [0.15, 0.2) is 25.0 Å². The second-order valence-electron chi connectivity index (χ2n) is 23.5. The van der Waals surface area contributed by atoms with Crippen LogP contribution in [-0.4, -0.2) is 191 Å². The number of carboxylic acid groups (broad SMARTS) is 2. The van der Waals surface area contributed by atoms with E-state index < -0.39 is 146 Å². The van der Waals surface area contributed by atoms with E-state index in [1.807, 2.05) is 0 Å². The highest BCUT2D eigenvalue weighted by molar-refractivity contribution is 5.76. The molecule has 3 saturated heterocycles. The monoisotopic (exact) mass is 972 g/mol. The minimum atomic E-state index is -2.15. The van der Waals surface area contributed by atoms with E-state index in [-0.39, 0.29) is 40.4 Å². The van der Waals surface area contributed by atoms with Gasteiger partial charge in [0.25, 0.3) is 0 Å². The zero-order valence-corrected chi connectivity index (χ0v) is 40.0. The molecule has 7 fully saturated rings. The second-order valence-corrected chi connectivity index (χ2v) is 23.5. The van der Waals surface area contributed by atoms with Gasteiger partial charge in [0.1, 0.15) is 61.0 Å². The number of rotatable bonds is 10. The molecular formula is C48H76O20. The van der Waals surface area contributed by atoms with Crippen LogP contribution >= 0.6 is 0 Å². The Bertz CT molecular complexity index is 1920. The molecule has 4 saturated carbocycles. The van der Waals surface area contributed by atoms with Crippen molar-refractivity contribution in [2.45, 2.75) is 211 Å². The summed E-state index contributed by atoms with van der Waals surface area (Å²) in [5.41, 5.74) is -2.02. The van der Waals surface area contributed by atoms with Gasteiger partial charge in [0, 0.05) is 5.41 Å². The number of hydrogen-bond acceptors (Lipinski definition) is 18.